The van der Waals surface area contributed by atoms with Crippen LogP contribution in [-0.2, 0) is 5.41 Å². The summed E-state index contributed by atoms with van der Waals surface area (Å²) >= 11 is 1.84. The van der Waals surface area contributed by atoms with Gasteiger partial charge in [0.05, 0.1) is 17.0 Å². The van der Waals surface area contributed by atoms with Gasteiger partial charge >= 0.3 is 0 Å². The Morgan fingerprint density at radius 2 is 0.914 bits per heavy atom. The predicted octanol–water partition coefficient (Wildman–Crippen LogP) is 13.1. The molecule has 0 spiro atoms. The lowest BCUT2D eigenvalue weighted by molar-refractivity contribution is 0.769. The molecule has 2 heterocycles. The van der Waals surface area contributed by atoms with Crippen LogP contribution in [0, 0.1) is 11.3 Å². The molecule has 11 rings (SSSR count). The molecule has 0 saturated heterocycles. The van der Waals surface area contributed by atoms with Gasteiger partial charge in [-0.25, -0.2) is 15.0 Å². The summed E-state index contributed by atoms with van der Waals surface area (Å²) in [5.74, 6) is 1.91. The van der Waals surface area contributed by atoms with E-state index < -0.39 is 5.41 Å². The molecular formula is C53H32N4S. The Morgan fingerprint density at radius 3 is 1.55 bits per heavy atom. The van der Waals surface area contributed by atoms with E-state index in [0.717, 1.165) is 22.3 Å². The van der Waals surface area contributed by atoms with E-state index in [1.54, 1.807) is 0 Å². The fraction of sp³-hybridized carbons (Fsp3) is 0.0189. The second-order valence-electron chi connectivity index (χ2n) is 14.6. The molecule has 4 nitrogen and oxygen atoms in total. The summed E-state index contributed by atoms with van der Waals surface area (Å²) in [5, 5.41) is 12.1. The van der Waals surface area contributed by atoms with Crippen LogP contribution in [0.15, 0.2) is 194 Å². The van der Waals surface area contributed by atoms with Crippen LogP contribution in [0.5, 0.6) is 0 Å². The molecule has 0 saturated carbocycles. The Bertz CT molecular complexity index is 3150. The van der Waals surface area contributed by atoms with Crippen LogP contribution in [0.2, 0.25) is 0 Å². The number of nitrogens with zero attached hydrogens (tertiary/aromatic N) is 4. The zero-order valence-electron chi connectivity index (χ0n) is 31.2. The second-order valence-corrected chi connectivity index (χ2v) is 15.7. The maximum atomic E-state index is 9.54. The third kappa shape index (κ3) is 5.24. The molecular weight excluding hydrogens is 725 g/mol. The number of fused-ring (bicyclic) bond motifs is 7. The summed E-state index contributed by atoms with van der Waals surface area (Å²) in [4.78, 5) is 15.0. The fourth-order valence-corrected chi connectivity index (χ4v) is 10.1. The average Bonchev–Trinajstić information content (AvgIpc) is 3.84. The van der Waals surface area contributed by atoms with Crippen molar-refractivity contribution in [2.45, 2.75) is 5.41 Å². The van der Waals surface area contributed by atoms with Gasteiger partial charge in [0.2, 0.25) is 0 Å². The fourth-order valence-electron chi connectivity index (χ4n) is 8.92. The number of nitriles is 1. The molecule has 0 bridgehead atoms. The summed E-state index contributed by atoms with van der Waals surface area (Å²) in [6.45, 7) is 0. The molecule has 1 aliphatic rings. The third-order valence-corrected chi connectivity index (χ3v) is 12.6. The quantitative estimate of drug-likeness (QED) is 0.169. The Balaban J connectivity index is 1.14. The van der Waals surface area contributed by atoms with E-state index in [4.69, 9.17) is 15.0 Å². The SMILES string of the molecule is N#Cc1ccc(-c2cccc3sc4ccc5c(c4c23)-c2ccccc2C5(c2ccccc2)c2ccc(-c3nc(-c4ccccc4)nc(-c4ccccc4)n3)cc2)cc1. The van der Waals surface area contributed by atoms with Gasteiger partial charge in [-0.15, -0.1) is 11.3 Å². The van der Waals surface area contributed by atoms with E-state index >= 15 is 0 Å². The number of rotatable bonds is 6. The molecule has 1 unspecified atom stereocenters. The first-order chi connectivity index (χ1) is 28.7. The number of thiophene rings is 1. The van der Waals surface area contributed by atoms with Crippen molar-refractivity contribution in [1.29, 1.82) is 5.26 Å². The zero-order valence-corrected chi connectivity index (χ0v) is 32.0. The highest BCUT2D eigenvalue weighted by Crippen LogP contribution is 2.59. The summed E-state index contributed by atoms with van der Waals surface area (Å²) in [5.41, 5.74) is 12.5. The predicted molar refractivity (Wildman–Crippen MR) is 236 cm³/mol. The summed E-state index contributed by atoms with van der Waals surface area (Å²) in [7, 11) is 0. The van der Waals surface area contributed by atoms with E-state index in [9.17, 15) is 5.26 Å². The van der Waals surface area contributed by atoms with Crippen molar-refractivity contribution in [3.63, 3.8) is 0 Å². The van der Waals surface area contributed by atoms with E-state index in [1.807, 2.05) is 84.1 Å². The minimum Gasteiger partial charge on any atom is -0.208 e. The Labute approximate surface area is 340 Å². The smallest absolute Gasteiger partial charge is 0.164 e. The Hall–Kier alpha value is -7.52. The standard InChI is InChI=1S/C53H32N4S/c54-33-34-23-25-35(26-24-34)41-20-12-22-45-48(41)49-46(58-45)32-31-44-47(49)42-19-10-11-21-43(42)53(44,39-17-8-3-9-18-39)40-29-27-38(28-30-40)52-56-50(36-13-4-1-5-14-36)55-51(57-52)37-15-6-2-7-16-37/h1-32H. The highest BCUT2D eigenvalue weighted by atomic mass is 32.1. The molecule has 0 aliphatic heterocycles. The molecule has 2 aromatic heterocycles. The molecule has 5 heteroatoms. The van der Waals surface area contributed by atoms with Crippen LogP contribution in [-0.4, -0.2) is 15.0 Å². The van der Waals surface area contributed by atoms with Crippen LogP contribution in [0.3, 0.4) is 0 Å². The van der Waals surface area contributed by atoms with E-state index in [0.29, 0.717) is 23.0 Å². The highest BCUT2D eigenvalue weighted by molar-refractivity contribution is 7.26. The van der Waals surface area contributed by atoms with Gasteiger partial charge in [0, 0.05) is 36.9 Å². The summed E-state index contributed by atoms with van der Waals surface area (Å²) in [6, 6.07) is 70.4. The van der Waals surface area contributed by atoms with Crippen LogP contribution in [0.1, 0.15) is 27.8 Å². The lowest BCUT2D eigenvalue weighted by Gasteiger charge is -2.34. The normalized spacial score (nSPS) is 14.3. The van der Waals surface area contributed by atoms with Gasteiger partial charge in [-0.2, -0.15) is 5.26 Å². The number of benzene rings is 8. The molecule has 0 N–H and O–H groups in total. The Morgan fingerprint density at radius 1 is 0.397 bits per heavy atom. The molecule has 10 aromatic rings. The first kappa shape index (κ1) is 33.8. The van der Waals surface area contributed by atoms with Gasteiger partial charge in [0.15, 0.2) is 17.5 Å². The highest BCUT2D eigenvalue weighted by Gasteiger charge is 2.47. The van der Waals surface area contributed by atoms with Gasteiger partial charge in [0.25, 0.3) is 0 Å². The molecule has 270 valence electrons. The van der Waals surface area contributed by atoms with Crippen molar-refractivity contribution >= 4 is 31.5 Å². The van der Waals surface area contributed by atoms with E-state index in [1.165, 1.54) is 59.1 Å². The van der Waals surface area contributed by atoms with Crippen molar-refractivity contribution in [2.75, 3.05) is 0 Å². The van der Waals surface area contributed by atoms with Crippen molar-refractivity contribution in [3.05, 3.63) is 222 Å². The minimum absolute atomic E-state index is 0.596. The average molecular weight is 757 g/mol. The minimum atomic E-state index is -0.596. The van der Waals surface area contributed by atoms with E-state index in [2.05, 4.69) is 127 Å². The maximum Gasteiger partial charge on any atom is 0.164 e. The molecule has 1 atom stereocenters. The van der Waals surface area contributed by atoms with Crippen LogP contribution >= 0.6 is 11.3 Å². The summed E-state index contributed by atoms with van der Waals surface area (Å²) < 4.78 is 2.49. The zero-order chi connectivity index (χ0) is 38.6. The second kappa shape index (κ2) is 13.6. The molecule has 0 fully saturated rings. The number of hydrogen-bond donors (Lipinski definition) is 0. The topological polar surface area (TPSA) is 62.5 Å². The lowest BCUT2D eigenvalue weighted by Crippen LogP contribution is -2.28. The maximum absolute atomic E-state index is 9.54. The first-order valence-electron chi connectivity index (χ1n) is 19.3. The summed E-state index contributed by atoms with van der Waals surface area (Å²) in [6.07, 6.45) is 0. The Kier molecular flexibility index (Phi) is 7.92. The van der Waals surface area contributed by atoms with Gasteiger partial charge < -0.3 is 0 Å². The monoisotopic (exact) mass is 756 g/mol. The van der Waals surface area contributed by atoms with Crippen molar-refractivity contribution in [2.24, 2.45) is 0 Å². The van der Waals surface area contributed by atoms with E-state index in [-0.39, 0.29) is 0 Å². The van der Waals surface area contributed by atoms with Crippen molar-refractivity contribution < 1.29 is 0 Å². The molecule has 0 radical (unpaired) electrons. The lowest BCUT2D eigenvalue weighted by atomic mass is 9.67. The van der Waals surface area contributed by atoms with Crippen molar-refractivity contribution in [3.8, 4) is 62.5 Å². The molecule has 58 heavy (non-hydrogen) atoms. The van der Waals surface area contributed by atoms with Gasteiger partial charge in [-0.05, 0) is 68.8 Å². The van der Waals surface area contributed by atoms with Crippen molar-refractivity contribution in [1.82, 2.24) is 15.0 Å². The van der Waals surface area contributed by atoms with Gasteiger partial charge in [0.1, 0.15) is 0 Å². The van der Waals surface area contributed by atoms with Crippen LogP contribution < -0.4 is 0 Å². The molecule has 1 aliphatic carbocycles. The van der Waals surface area contributed by atoms with Gasteiger partial charge in [-0.1, -0.05) is 170 Å². The first-order valence-corrected chi connectivity index (χ1v) is 20.1. The third-order valence-electron chi connectivity index (χ3n) is 11.5. The number of hydrogen-bond acceptors (Lipinski definition) is 5. The number of aromatic nitrogens is 3. The van der Waals surface area contributed by atoms with Crippen LogP contribution in [0.4, 0.5) is 0 Å². The van der Waals surface area contributed by atoms with Gasteiger partial charge in [-0.3, -0.25) is 0 Å². The molecule has 0 amide bonds. The molecule has 8 aromatic carbocycles. The largest absolute Gasteiger partial charge is 0.208 e. The van der Waals surface area contributed by atoms with Crippen LogP contribution in [0.25, 0.3) is 76.6 Å².